The summed E-state index contributed by atoms with van der Waals surface area (Å²) in [5.74, 6) is -1.88. The Labute approximate surface area is 194 Å². The lowest BCUT2D eigenvalue weighted by atomic mass is 9.85. The molecule has 0 fully saturated rings. The molecule has 2 aromatic heterocycles. The van der Waals surface area contributed by atoms with Crippen LogP contribution in [0.2, 0.25) is 0 Å². The van der Waals surface area contributed by atoms with E-state index in [0.717, 1.165) is 35.4 Å². The number of alkyl halides is 2. The normalized spacial score (nSPS) is 14.2. The Morgan fingerprint density at radius 3 is 2.51 bits per heavy atom. The summed E-state index contributed by atoms with van der Waals surface area (Å²) in [5.41, 5.74) is -5.40. The minimum Gasteiger partial charge on any atom is -0.377 e. The lowest BCUT2D eigenvalue weighted by Gasteiger charge is -2.35. The topological polar surface area (TPSA) is 89.6 Å². The van der Waals surface area contributed by atoms with Crippen LogP contribution in [-0.2, 0) is 18.1 Å². The predicted octanol–water partition coefficient (Wildman–Crippen LogP) is 3.67. The zero-order valence-corrected chi connectivity index (χ0v) is 17.5. The predicted molar refractivity (Wildman–Crippen MR) is 109 cm³/mol. The molecule has 1 atom stereocenters. The number of hydrogen-bond donors (Lipinski definition) is 1. The number of allylic oxidation sites excluding steroid dienone is 4. The van der Waals surface area contributed by atoms with Gasteiger partial charge in [0.15, 0.2) is 5.60 Å². The number of benzene rings is 1. The lowest BCUT2D eigenvalue weighted by Crippen LogP contribution is -2.48. The summed E-state index contributed by atoms with van der Waals surface area (Å²) >= 11 is 0. The molecular weight excluding hydrogens is 478 g/mol. The largest absolute Gasteiger partial charge is 0.377 e. The van der Waals surface area contributed by atoms with Crippen LogP contribution >= 0.6 is 0 Å². The van der Waals surface area contributed by atoms with Crippen LogP contribution in [0, 0.1) is 23.5 Å². The average molecular weight is 492 g/mol. The van der Waals surface area contributed by atoms with Crippen LogP contribution in [0.15, 0.2) is 73.4 Å². The van der Waals surface area contributed by atoms with Crippen LogP contribution in [0.5, 0.6) is 0 Å². The molecule has 3 aromatic rings. The highest BCUT2D eigenvalue weighted by Gasteiger charge is 2.58. The third-order valence-corrected chi connectivity index (χ3v) is 4.58. The van der Waals surface area contributed by atoms with Crippen LogP contribution in [-0.4, -0.2) is 35.3 Å². The number of nitrogens with zero attached hydrogens (tertiary/aromatic N) is 6. The quantitative estimate of drug-likeness (QED) is 0.308. The Hall–Kier alpha value is -4.31. The van der Waals surface area contributed by atoms with E-state index in [-0.39, 0.29) is 23.9 Å². The zero-order valence-electron chi connectivity index (χ0n) is 17.5. The fourth-order valence-corrected chi connectivity index (χ4v) is 2.92. The van der Waals surface area contributed by atoms with Gasteiger partial charge in [-0.05, 0) is 46.7 Å². The first kappa shape index (κ1) is 25.3. The monoisotopic (exact) mass is 492 g/mol. The molecule has 0 bridgehead atoms. The molecule has 3 rings (SSSR count). The summed E-state index contributed by atoms with van der Waals surface area (Å²) in [5, 5.41) is 21.1. The van der Waals surface area contributed by atoms with Crippen LogP contribution in [0.4, 0.5) is 26.3 Å². The number of tetrazole rings is 1. The van der Waals surface area contributed by atoms with Crippen molar-refractivity contribution in [1.82, 2.24) is 30.2 Å². The first-order chi connectivity index (χ1) is 16.7. The summed E-state index contributed by atoms with van der Waals surface area (Å²) in [6, 6.07) is 1.72. The van der Waals surface area contributed by atoms with Gasteiger partial charge >= 0.3 is 5.92 Å². The summed E-state index contributed by atoms with van der Waals surface area (Å²) < 4.78 is 84.4. The van der Waals surface area contributed by atoms with Gasteiger partial charge in [-0.15, -0.1) is 5.10 Å². The van der Waals surface area contributed by atoms with E-state index in [0.29, 0.717) is 24.4 Å². The van der Waals surface area contributed by atoms with E-state index < -0.39 is 41.0 Å². The number of rotatable bonds is 7. The van der Waals surface area contributed by atoms with Gasteiger partial charge in [-0.1, -0.05) is 5.92 Å². The highest BCUT2D eigenvalue weighted by molar-refractivity contribution is 5.44. The Kier molecular flexibility index (Phi) is 7.77. The summed E-state index contributed by atoms with van der Waals surface area (Å²) in [7, 11) is 0. The molecule has 0 radical (unpaired) electrons. The molecule has 13 heteroatoms. The van der Waals surface area contributed by atoms with Gasteiger partial charge in [-0.25, -0.2) is 27.2 Å². The van der Waals surface area contributed by atoms with Crippen molar-refractivity contribution in [3.05, 3.63) is 102 Å². The van der Waals surface area contributed by atoms with Crippen molar-refractivity contribution in [2.24, 2.45) is 0 Å². The van der Waals surface area contributed by atoms with Gasteiger partial charge in [0, 0.05) is 17.2 Å². The van der Waals surface area contributed by atoms with E-state index in [1.165, 1.54) is 0 Å². The van der Waals surface area contributed by atoms with E-state index in [9.17, 15) is 22.7 Å². The highest BCUT2D eigenvalue weighted by Crippen LogP contribution is 2.46. The third-order valence-electron chi connectivity index (χ3n) is 4.58. The Balaban J connectivity index is 2.02. The van der Waals surface area contributed by atoms with Crippen LogP contribution in [0.1, 0.15) is 17.0 Å². The number of aliphatic hydroxyl groups is 1. The van der Waals surface area contributed by atoms with Crippen LogP contribution in [0.3, 0.4) is 0 Å². The van der Waals surface area contributed by atoms with E-state index >= 15 is 8.78 Å². The van der Waals surface area contributed by atoms with Crippen LogP contribution < -0.4 is 0 Å². The summed E-state index contributed by atoms with van der Waals surface area (Å²) in [4.78, 5) is 7.32. The second-order valence-corrected chi connectivity index (χ2v) is 6.84. The van der Waals surface area contributed by atoms with Crippen molar-refractivity contribution in [3.8, 4) is 11.8 Å². The molecule has 180 valence electrons. The zero-order chi connectivity index (χ0) is 25.5. The standard InChI is InChI=1S/C22H14F6N6O/c23-8-1-2-15(7-9-24)3-5-17-11-30-20(12-29-17)22(27,28)21(35,13-34-14-31-32-33-34)18-6-4-16(25)10-19(18)26/h1-2,4,6-12,14,35H,13H2/b8-1+,9-7+,15-2-. The molecule has 0 spiro atoms. The van der Waals surface area contributed by atoms with Crippen molar-refractivity contribution in [1.29, 1.82) is 0 Å². The van der Waals surface area contributed by atoms with E-state index in [1.54, 1.807) is 0 Å². The first-order valence-electron chi connectivity index (χ1n) is 9.56. The molecule has 0 aliphatic heterocycles. The summed E-state index contributed by atoms with van der Waals surface area (Å²) in [6.45, 7) is -1.02. The smallest absolute Gasteiger partial charge is 0.325 e. The molecule has 7 nitrogen and oxygen atoms in total. The van der Waals surface area contributed by atoms with Crippen molar-refractivity contribution < 1.29 is 31.4 Å². The van der Waals surface area contributed by atoms with E-state index in [4.69, 9.17) is 0 Å². The highest BCUT2D eigenvalue weighted by atomic mass is 19.3. The van der Waals surface area contributed by atoms with Gasteiger partial charge in [0.1, 0.15) is 29.3 Å². The van der Waals surface area contributed by atoms with Gasteiger partial charge in [0.05, 0.1) is 31.6 Å². The SMILES string of the molecule is OC(Cn1cnnn1)(c1ccc(F)cc1F)C(F)(F)c1cnc(C#CC(/C=C/F)=C/C=C/F)cn1. The maximum atomic E-state index is 15.6. The molecule has 0 aliphatic rings. The molecule has 35 heavy (non-hydrogen) atoms. The maximum Gasteiger partial charge on any atom is 0.325 e. The fourth-order valence-electron chi connectivity index (χ4n) is 2.92. The van der Waals surface area contributed by atoms with Gasteiger partial charge in [0.2, 0.25) is 0 Å². The van der Waals surface area contributed by atoms with Crippen molar-refractivity contribution in [2.75, 3.05) is 0 Å². The fraction of sp³-hybridized carbons (Fsp3) is 0.136. The first-order valence-corrected chi connectivity index (χ1v) is 9.56. The van der Waals surface area contributed by atoms with E-state index in [2.05, 4.69) is 37.3 Å². The van der Waals surface area contributed by atoms with Gasteiger partial charge < -0.3 is 5.11 Å². The molecule has 1 unspecified atom stereocenters. The molecular formula is C22H14F6N6O. The van der Waals surface area contributed by atoms with Crippen molar-refractivity contribution >= 4 is 0 Å². The minimum absolute atomic E-state index is 0.0419. The van der Waals surface area contributed by atoms with Crippen molar-refractivity contribution in [2.45, 2.75) is 18.1 Å². The van der Waals surface area contributed by atoms with Crippen molar-refractivity contribution in [3.63, 3.8) is 0 Å². The number of halogens is 6. The Bertz CT molecular complexity index is 1310. The van der Waals surface area contributed by atoms with Gasteiger partial charge in [-0.3, -0.25) is 4.98 Å². The second kappa shape index (κ2) is 10.7. The molecule has 0 amide bonds. The lowest BCUT2D eigenvalue weighted by molar-refractivity contribution is -0.208. The summed E-state index contributed by atoms with van der Waals surface area (Å²) in [6.07, 6.45) is 5.77. The molecule has 1 N–H and O–H groups in total. The minimum atomic E-state index is -4.29. The van der Waals surface area contributed by atoms with Gasteiger partial charge in [-0.2, -0.15) is 8.78 Å². The average Bonchev–Trinajstić information content (AvgIpc) is 3.33. The molecule has 0 saturated heterocycles. The molecule has 1 aromatic carbocycles. The molecule has 2 heterocycles. The van der Waals surface area contributed by atoms with Crippen LogP contribution in [0.25, 0.3) is 0 Å². The maximum absolute atomic E-state index is 15.6. The molecule has 0 aliphatic carbocycles. The number of aromatic nitrogens is 6. The Morgan fingerprint density at radius 1 is 1.11 bits per heavy atom. The number of hydrogen-bond acceptors (Lipinski definition) is 6. The third kappa shape index (κ3) is 5.61. The van der Waals surface area contributed by atoms with Gasteiger partial charge in [0.25, 0.3) is 0 Å². The van der Waals surface area contributed by atoms with E-state index in [1.807, 2.05) is 0 Å². The second-order valence-electron chi connectivity index (χ2n) is 6.84. The Morgan fingerprint density at radius 2 is 1.91 bits per heavy atom. The molecule has 0 saturated carbocycles.